The van der Waals surface area contributed by atoms with Crippen LogP contribution < -0.4 is 15.4 Å². The van der Waals surface area contributed by atoms with E-state index >= 15 is 0 Å². The molecule has 2 aromatic carbocycles. The molecule has 0 aliphatic heterocycles. The Hall–Kier alpha value is -4.16. The Morgan fingerprint density at radius 3 is 2.57 bits per heavy atom. The number of rotatable bonds is 12. The summed E-state index contributed by atoms with van der Waals surface area (Å²) >= 11 is 2.68. The number of amides is 2. The Balaban J connectivity index is 1.36. The molecule has 0 saturated carbocycles. The van der Waals surface area contributed by atoms with Gasteiger partial charge < -0.3 is 20.1 Å². The second-order valence-corrected chi connectivity index (χ2v) is 12.6. The topological polar surface area (TPSA) is 124 Å². The molecule has 230 valence electrons. The molecule has 0 saturated heterocycles. The number of esters is 1. The SMILES string of the molecule is CCOC(=O)c1c(NC(=O)C(C)Sc2nnc(CNC(=O)Cc3ccccc3)n2-c2ccccc2OC)sc2c1CCCC2. The van der Waals surface area contributed by atoms with E-state index in [9.17, 15) is 14.4 Å². The molecule has 10 nitrogen and oxygen atoms in total. The van der Waals surface area contributed by atoms with Gasteiger partial charge in [0.05, 0.1) is 43.2 Å². The van der Waals surface area contributed by atoms with Crippen LogP contribution in [-0.4, -0.2) is 51.5 Å². The highest BCUT2D eigenvalue weighted by atomic mass is 32.2. The van der Waals surface area contributed by atoms with Crippen LogP contribution in [-0.2, 0) is 40.1 Å². The van der Waals surface area contributed by atoms with Crippen molar-refractivity contribution in [2.75, 3.05) is 19.0 Å². The number of carbonyl (C=O) groups excluding carboxylic acids is 3. The minimum atomic E-state index is -0.595. The molecule has 0 fully saturated rings. The number of aromatic nitrogens is 3. The lowest BCUT2D eigenvalue weighted by Crippen LogP contribution is -2.26. The average Bonchev–Trinajstić information content (AvgIpc) is 3.60. The predicted molar refractivity (Wildman–Crippen MR) is 171 cm³/mol. The van der Waals surface area contributed by atoms with Crippen molar-refractivity contribution in [1.82, 2.24) is 20.1 Å². The second-order valence-electron chi connectivity index (χ2n) is 10.2. The number of hydrogen-bond acceptors (Lipinski definition) is 9. The van der Waals surface area contributed by atoms with Crippen LogP contribution in [0.5, 0.6) is 5.75 Å². The first kappa shape index (κ1) is 31.3. The number of aryl methyl sites for hydroxylation is 1. The molecule has 2 N–H and O–H groups in total. The van der Waals surface area contributed by atoms with Gasteiger partial charge in [-0.1, -0.05) is 54.2 Å². The van der Waals surface area contributed by atoms with E-state index in [1.165, 1.54) is 23.1 Å². The highest BCUT2D eigenvalue weighted by Gasteiger charge is 2.29. The Kier molecular flexibility index (Phi) is 10.3. The molecule has 2 amide bonds. The third kappa shape index (κ3) is 7.13. The van der Waals surface area contributed by atoms with E-state index in [0.29, 0.717) is 33.0 Å². The minimum absolute atomic E-state index is 0.126. The van der Waals surface area contributed by atoms with E-state index in [-0.39, 0.29) is 31.4 Å². The zero-order valence-electron chi connectivity index (χ0n) is 24.9. The van der Waals surface area contributed by atoms with Gasteiger partial charge in [-0.15, -0.1) is 21.5 Å². The van der Waals surface area contributed by atoms with Gasteiger partial charge in [-0.25, -0.2) is 4.79 Å². The summed E-state index contributed by atoms with van der Waals surface area (Å²) in [6.45, 7) is 3.94. The lowest BCUT2D eigenvalue weighted by molar-refractivity contribution is -0.120. The average molecular weight is 634 g/mol. The van der Waals surface area contributed by atoms with Crippen LogP contribution in [0, 0.1) is 0 Å². The fraction of sp³-hybridized carbons (Fsp3) is 0.344. The monoisotopic (exact) mass is 633 g/mol. The van der Waals surface area contributed by atoms with Crippen LogP contribution in [0.2, 0.25) is 0 Å². The molecule has 4 aromatic rings. The molecule has 0 radical (unpaired) electrons. The Morgan fingerprint density at radius 1 is 1.05 bits per heavy atom. The molecule has 0 spiro atoms. The van der Waals surface area contributed by atoms with Crippen LogP contribution in [0.15, 0.2) is 59.8 Å². The number of anilines is 1. The third-order valence-electron chi connectivity index (χ3n) is 7.22. The Bertz CT molecular complexity index is 1640. The van der Waals surface area contributed by atoms with E-state index in [1.807, 2.05) is 54.6 Å². The Morgan fingerprint density at radius 2 is 1.80 bits per heavy atom. The second kappa shape index (κ2) is 14.5. The number of fused-ring (bicyclic) bond motifs is 1. The van der Waals surface area contributed by atoms with Crippen LogP contribution in [0.4, 0.5) is 5.00 Å². The molecule has 1 unspecified atom stereocenters. The van der Waals surface area contributed by atoms with Crippen molar-refractivity contribution >= 4 is 45.9 Å². The first-order valence-electron chi connectivity index (χ1n) is 14.6. The van der Waals surface area contributed by atoms with Gasteiger partial charge in [-0.2, -0.15) is 0 Å². The van der Waals surface area contributed by atoms with Crippen LogP contribution >= 0.6 is 23.1 Å². The molecule has 0 bridgehead atoms. The van der Waals surface area contributed by atoms with Crippen molar-refractivity contribution in [3.8, 4) is 11.4 Å². The maximum atomic E-state index is 13.5. The zero-order valence-corrected chi connectivity index (χ0v) is 26.6. The van der Waals surface area contributed by atoms with Gasteiger partial charge in [0, 0.05) is 4.88 Å². The normalized spacial score (nSPS) is 13.1. The summed E-state index contributed by atoms with van der Waals surface area (Å²) in [6, 6.07) is 16.9. The molecule has 5 rings (SSSR count). The van der Waals surface area contributed by atoms with E-state index in [2.05, 4.69) is 20.8 Å². The number of methoxy groups -OCH3 is 1. The van der Waals surface area contributed by atoms with Crippen molar-refractivity contribution in [2.45, 2.75) is 62.9 Å². The summed E-state index contributed by atoms with van der Waals surface area (Å²) in [5.74, 6) is 0.250. The van der Waals surface area contributed by atoms with Gasteiger partial charge in [0.25, 0.3) is 0 Å². The highest BCUT2D eigenvalue weighted by molar-refractivity contribution is 8.00. The maximum absolute atomic E-state index is 13.5. The summed E-state index contributed by atoms with van der Waals surface area (Å²) in [5, 5.41) is 15.1. The molecular weight excluding hydrogens is 599 g/mol. The molecule has 1 atom stereocenters. The number of thioether (sulfide) groups is 1. The van der Waals surface area contributed by atoms with Crippen molar-refractivity contribution in [2.24, 2.45) is 0 Å². The quantitative estimate of drug-likeness (QED) is 0.158. The minimum Gasteiger partial charge on any atom is -0.495 e. The summed E-state index contributed by atoms with van der Waals surface area (Å²) in [5.41, 5.74) is 3.05. The van der Waals surface area contributed by atoms with Gasteiger partial charge in [0.1, 0.15) is 10.8 Å². The van der Waals surface area contributed by atoms with Gasteiger partial charge in [-0.3, -0.25) is 14.2 Å². The smallest absolute Gasteiger partial charge is 0.341 e. The van der Waals surface area contributed by atoms with E-state index < -0.39 is 11.2 Å². The van der Waals surface area contributed by atoms with Crippen molar-refractivity contribution in [3.05, 3.63) is 82.0 Å². The van der Waals surface area contributed by atoms with Crippen molar-refractivity contribution in [1.29, 1.82) is 0 Å². The lowest BCUT2D eigenvalue weighted by Gasteiger charge is -2.16. The number of nitrogens with zero attached hydrogens (tertiary/aromatic N) is 3. The Labute approximate surface area is 264 Å². The van der Waals surface area contributed by atoms with Gasteiger partial charge >= 0.3 is 5.97 Å². The number of thiophene rings is 1. The fourth-order valence-electron chi connectivity index (χ4n) is 5.07. The van der Waals surface area contributed by atoms with Crippen LogP contribution in [0.1, 0.15) is 58.9 Å². The lowest BCUT2D eigenvalue weighted by atomic mass is 9.95. The fourth-order valence-corrected chi connectivity index (χ4v) is 7.23. The first-order chi connectivity index (χ1) is 21.4. The third-order valence-corrected chi connectivity index (χ3v) is 9.47. The molecule has 1 aliphatic rings. The number of nitrogens with one attached hydrogen (secondary N) is 2. The van der Waals surface area contributed by atoms with E-state index in [1.54, 1.807) is 25.5 Å². The number of carbonyl (C=O) groups is 3. The maximum Gasteiger partial charge on any atom is 0.341 e. The molecule has 2 heterocycles. The molecule has 1 aliphatic carbocycles. The summed E-state index contributed by atoms with van der Waals surface area (Å²) in [6.07, 6.45) is 3.99. The van der Waals surface area contributed by atoms with E-state index in [0.717, 1.165) is 41.7 Å². The first-order valence-corrected chi connectivity index (χ1v) is 16.3. The number of hydrogen-bond donors (Lipinski definition) is 2. The molecule has 2 aromatic heterocycles. The molecule has 12 heteroatoms. The van der Waals surface area contributed by atoms with Gasteiger partial charge in [0.2, 0.25) is 11.8 Å². The van der Waals surface area contributed by atoms with Gasteiger partial charge in [0.15, 0.2) is 11.0 Å². The van der Waals surface area contributed by atoms with Crippen molar-refractivity contribution in [3.63, 3.8) is 0 Å². The van der Waals surface area contributed by atoms with Crippen LogP contribution in [0.3, 0.4) is 0 Å². The molecular formula is C32H35N5O5S2. The zero-order chi connectivity index (χ0) is 31.1. The highest BCUT2D eigenvalue weighted by Crippen LogP contribution is 2.39. The standard InChI is InChI=1S/C32H35N5O5S2/c1-4-42-31(40)28-22-14-8-11-17-25(22)44-30(28)34-29(39)20(2)43-32-36-35-26(37(32)23-15-9-10-16-24(23)41-3)19-33-27(38)18-21-12-6-5-7-13-21/h5-7,9-10,12-13,15-16,20H,4,8,11,14,17-19H2,1-3H3,(H,33,38)(H,34,39). The largest absolute Gasteiger partial charge is 0.495 e. The van der Waals surface area contributed by atoms with Crippen LogP contribution in [0.25, 0.3) is 5.69 Å². The number of benzene rings is 2. The summed E-state index contributed by atoms with van der Waals surface area (Å²) in [7, 11) is 1.58. The summed E-state index contributed by atoms with van der Waals surface area (Å²) < 4.78 is 12.8. The van der Waals surface area contributed by atoms with Crippen molar-refractivity contribution < 1.29 is 23.9 Å². The number of ether oxygens (including phenoxy) is 2. The van der Waals surface area contributed by atoms with E-state index in [4.69, 9.17) is 9.47 Å². The van der Waals surface area contributed by atoms with Gasteiger partial charge in [-0.05, 0) is 62.8 Å². The predicted octanol–water partition coefficient (Wildman–Crippen LogP) is 5.37. The molecule has 44 heavy (non-hydrogen) atoms. The number of para-hydroxylation sites is 2. The summed E-state index contributed by atoms with van der Waals surface area (Å²) in [4.78, 5) is 40.2.